The first-order chi connectivity index (χ1) is 10.7. The van der Waals surface area contributed by atoms with Crippen molar-refractivity contribution in [1.29, 1.82) is 0 Å². The molecule has 1 atom stereocenters. The first-order valence-electron chi connectivity index (χ1n) is 6.78. The van der Waals surface area contributed by atoms with Crippen molar-refractivity contribution in [2.45, 2.75) is 12.5 Å². The van der Waals surface area contributed by atoms with E-state index in [1.54, 1.807) is 29.7 Å². The van der Waals surface area contributed by atoms with E-state index in [0.29, 0.717) is 17.3 Å². The van der Waals surface area contributed by atoms with Gasteiger partial charge in [-0.1, -0.05) is 11.6 Å². The minimum Gasteiger partial charge on any atom is -0.346 e. The molecule has 6 heteroatoms. The molecule has 3 rings (SSSR count). The standard InChI is InChI=1S/C16H14ClN3OS/c17-15-4-3-13(10-18-15)19-16(21)9-14(12-5-8-22-11-12)20-6-1-2-7-20/h1-8,10-11,14H,9H2,(H,19,21)/t14-/m0/s1. The highest BCUT2D eigenvalue weighted by molar-refractivity contribution is 7.08. The summed E-state index contributed by atoms with van der Waals surface area (Å²) in [6.07, 6.45) is 5.85. The molecule has 0 saturated heterocycles. The SMILES string of the molecule is O=C(C[C@@H](c1ccsc1)n1cccc1)Nc1ccc(Cl)nc1. The van der Waals surface area contributed by atoms with Crippen LogP contribution in [0, 0.1) is 0 Å². The molecule has 4 nitrogen and oxygen atoms in total. The molecule has 0 radical (unpaired) electrons. The Hall–Kier alpha value is -2.11. The lowest BCUT2D eigenvalue weighted by Gasteiger charge is -2.18. The van der Waals surface area contributed by atoms with Crippen LogP contribution in [-0.4, -0.2) is 15.5 Å². The quantitative estimate of drug-likeness (QED) is 0.712. The molecular formula is C16H14ClN3OS. The summed E-state index contributed by atoms with van der Waals surface area (Å²) >= 11 is 7.37. The number of rotatable bonds is 5. The van der Waals surface area contributed by atoms with Crippen LogP contribution >= 0.6 is 22.9 Å². The third kappa shape index (κ3) is 3.55. The lowest BCUT2D eigenvalue weighted by Crippen LogP contribution is -2.19. The molecule has 0 spiro atoms. The summed E-state index contributed by atoms with van der Waals surface area (Å²) in [5.74, 6) is -0.0611. The summed E-state index contributed by atoms with van der Waals surface area (Å²) in [5, 5.41) is 7.35. The van der Waals surface area contributed by atoms with E-state index in [1.807, 2.05) is 40.5 Å². The average Bonchev–Trinajstić information content (AvgIpc) is 3.21. The Morgan fingerprint density at radius 2 is 2.14 bits per heavy atom. The summed E-state index contributed by atoms with van der Waals surface area (Å²) in [7, 11) is 0. The van der Waals surface area contributed by atoms with E-state index >= 15 is 0 Å². The molecule has 0 aromatic carbocycles. The molecule has 1 N–H and O–H groups in total. The fourth-order valence-electron chi connectivity index (χ4n) is 2.25. The maximum absolute atomic E-state index is 12.3. The van der Waals surface area contributed by atoms with Crippen LogP contribution in [0.4, 0.5) is 5.69 Å². The van der Waals surface area contributed by atoms with Crippen LogP contribution in [0.1, 0.15) is 18.0 Å². The Labute approximate surface area is 137 Å². The largest absolute Gasteiger partial charge is 0.346 e. The van der Waals surface area contributed by atoms with Crippen molar-refractivity contribution in [3.8, 4) is 0 Å². The Kier molecular flexibility index (Phi) is 4.56. The maximum Gasteiger partial charge on any atom is 0.226 e. The Bertz CT molecular complexity index is 689. The second kappa shape index (κ2) is 6.77. The van der Waals surface area contributed by atoms with Gasteiger partial charge in [-0.05, 0) is 46.7 Å². The van der Waals surface area contributed by atoms with E-state index in [9.17, 15) is 4.79 Å². The second-order valence-corrected chi connectivity index (χ2v) is 5.99. The predicted octanol–water partition coefficient (Wildman–Crippen LogP) is 4.22. The van der Waals surface area contributed by atoms with Gasteiger partial charge in [0.05, 0.1) is 24.3 Å². The fourth-order valence-corrected chi connectivity index (χ4v) is 3.07. The third-order valence-electron chi connectivity index (χ3n) is 3.31. The van der Waals surface area contributed by atoms with Crippen LogP contribution in [-0.2, 0) is 4.79 Å². The molecule has 0 aliphatic carbocycles. The number of carbonyl (C=O) groups is 1. The molecular weight excluding hydrogens is 318 g/mol. The van der Waals surface area contributed by atoms with Crippen molar-refractivity contribution in [3.63, 3.8) is 0 Å². The summed E-state index contributed by atoms with van der Waals surface area (Å²) in [5.41, 5.74) is 1.77. The van der Waals surface area contributed by atoms with Crippen LogP contribution in [0.25, 0.3) is 0 Å². The number of thiophene rings is 1. The van der Waals surface area contributed by atoms with Crippen molar-refractivity contribution in [2.75, 3.05) is 5.32 Å². The van der Waals surface area contributed by atoms with Crippen LogP contribution in [0.2, 0.25) is 5.15 Å². The van der Waals surface area contributed by atoms with Crippen molar-refractivity contribution >= 4 is 34.5 Å². The van der Waals surface area contributed by atoms with E-state index in [1.165, 1.54) is 0 Å². The van der Waals surface area contributed by atoms with E-state index in [4.69, 9.17) is 11.6 Å². The van der Waals surface area contributed by atoms with E-state index in [-0.39, 0.29) is 11.9 Å². The van der Waals surface area contributed by atoms with Gasteiger partial charge in [0, 0.05) is 12.4 Å². The highest BCUT2D eigenvalue weighted by Gasteiger charge is 2.17. The zero-order chi connectivity index (χ0) is 15.4. The summed E-state index contributed by atoms with van der Waals surface area (Å²) in [4.78, 5) is 16.3. The molecule has 0 aliphatic heterocycles. The number of hydrogen-bond donors (Lipinski definition) is 1. The van der Waals surface area contributed by atoms with E-state index < -0.39 is 0 Å². The predicted molar refractivity (Wildman–Crippen MR) is 89.4 cm³/mol. The fraction of sp³-hybridized carbons (Fsp3) is 0.125. The normalized spacial score (nSPS) is 12.0. The minimum absolute atomic E-state index is 0.0125. The highest BCUT2D eigenvalue weighted by atomic mass is 35.5. The van der Waals surface area contributed by atoms with Crippen LogP contribution in [0.15, 0.2) is 59.7 Å². The number of pyridine rings is 1. The third-order valence-corrected chi connectivity index (χ3v) is 4.23. The second-order valence-electron chi connectivity index (χ2n) is 4.82. The van der Waals surface area contributed by atoms with Crippen molar-refractivity contribution in [3.05, 3.63) is 70.4 Å². The van der Waals surface area contributed by atoms with Gasteiger partial charge in [-0.3, -0.25) is 4.79 Å². The summed E-state index contributed by atoms with van der Waals surface area (Å²) < 4.78 is 2.04. The van der Waals surface area contributed by atoms with Gasteiger partial charge in [0.25, 0.3) is 0 Å². The molecule has 3 aromatic rings. The van der Waals surface area contributed by atoms with Gasteiger partial charge < -0.3 is 9.88 Å². The molecule has 1 amide bonds. The maximum atomic E-state index is 12.3. The van der Waals surface area contributed by atoms with Crippen molar-refractivity contribution < 1.29 is 4.79 Å². The Balaban J connectivity index is 1.73. The molecule has 0 unspecified atom stereocenters. The molecule has 0 fully saturated rings. The smallest absolute Gasteiger partial charge is 0.226 e. The van der Waals surface area contributed by atoms with E-state index in [0.717, 1.165) is 5.56 Å². The average molecular weight is 332 g/mol. The van der Waals surface area contributed by atoms with Gasteiger partial charge in [-0.2, -0.15) is 11.3 Å². The number of anilines is 1. The van der Waals surface area contributed by atoms with Crippen LogP contribution < -0.4 is 5.32 Å². The first kappa shape index (κ1) is 14.8. The number of hydrogen-bond acceptors (Lipinski definition) is 3. The van der Waals surface area contributed by atoms with Crippen molar-refractivity contribution in [1.82, 2.24) is 9.55 Å². The van der Waals surface area contributed by atoms with Gasteiger partial charge in [-0.15, -0.1) is 0 Å². The highest BCUT2D eigenvalue weighted by Crippen LogP contribution is 2.25. The lowest BCUT2D eigenvalue weighted by molar-refractivity contribution is -0.116. The monoisotopic (exact) mass is 331 g/mol. The number of aromatic nitrogens is 2. The molecule has 0 saturated carbocycles. The van der Waals surface area contributed by atoms with Crippen LogP contribution in [0.3, 0.4) is 0 Å². The van der Waals surface area contributed by atoms with E-state index in [2.05, 4.69) is 15.7 Å². The number of nitrogens with zero attached hydrogens (tertiary/aromatic N) is 2. The number of amides is 1. The summed E-state index contributed by atoms with van der Waals surface area (Å²) in [6.45, 7) is 0. The molecule has 112 valence electrons. The zero-order valence-electron chi connectivity index (χ0n) is 11.6. The molecule has 3 heterocycles. The van der Waals surface area contributed by atoms with Crippen molar-refractivity contribution in [2.24, 2.45) is 0 Å². The summed E-state index contributed by atoms with van der Waals surface area (Å²) in [6, 6.07) is 9.34. The van der Waals surface area contributed by atoms with Gasteiger partial charge in [0.2, 0.25) is 5.91 Å². The molecule has 22 heavy (non-hydrogen) atoms. The number of nitrogens with one attached hydrogen (secondary N) is 1. The zero-order valence-corrected chi connectivity index (χ0v) is 13.2. The van der Waals surface area contributed by atoms with Gasteiger partial charge in [0.15, 0.2) is 0 Å². The molecule has 3 aromatic heterocycles. The van der Waals surface area contributed by atoms with Gasteiger partial charge in [0.1, 0.15) is 5.15 Å². The number of halogens is 1. The molecule has 0 bridgehead atoms. The Morgan fingerprint density at radius 1 is 1.32 bits per heavy atom. The Morgan fingerprint density at radius 3 is 2.77 bits per heavy atom. The topological polar surface area (TPSA) is 46.9 Å². The van der Waals surface area contributed by atoms with Gasteiger partial charge >= 0.3 is 0 Å². The number of carbonyl (C=O) groups excluding carboxylic acids is 1. The molecule has 0 aliphatic rings. The first-order valence-corrected chi connectivity index (χ1v) is 8.10. The minimum atomic E-state index is -0.0611. The van der Waals surface area contributed by atoms with Crippen LogP contribution in [0.5, 0.6) is 0 Å². The lowest BCUT2D eigenvalue weighted by atomic mass is 10.1. The van der Waals surface area contributed by atoms with Gasteiger partial charge in [-0.25, -0.2) is 4.98 Å².